The van der Waals surface area contributed by atoms with E-state index < -0.39 is 0 Å². The molecule has 0 amide bonds. The number of ether oxygens (including phenoxy) is 2. The normalized spacial score (nSPS) is 26.6. The highest BCUT2D eigenvalue weighted by molar-refractivity contribution is 7.11. The number of hydrogen-bond donors (Lipinski definition) is 2. The van der Waals surface area contributed by atoms with E-state index in [1.54, 1.807) is 23.3 Å². The third-order valence-corrected chi connectivity index (χ3v) is 7.85. The van der Waals surface area contributed by atoms with E-state index in [0.717, 1.165) is 49.5 Å². The lowest BCUT2D eigenvalue weighted by atomic mass is 9.92. The van der Waals surface area contributed by atoms with E-state index in [2.05, 4.69) is 76.5 Å². The van der Waals surface area contributed by atoms with Crippen molar-refractivity contribution in [2.45, 2.75) is 31.2 Å². The Labute approximate surface area is 192 Å². The van der Waals surface area contributed by atoms with Gasteiger partial charge in [0, 0.05) is 11.1 Å². The van der Waals surface area contributed by atoms with Gasteiger partial charge in [-0.25, -0.2) is 0 Å². The first-order chi connectivity index (χ1) is 15.8. The molecule has 164 valence electrons. The van der Waals surface area contributed by atoms with Crippen molar-refractivity contribution in [3.63, 3.8) is 0 Å². The minimum absolute atomic E-state index is 0.127. The third kappa shape index (κ3) is 3.30. The molecule has 5 nitrogen and oxygen atoms in total. The number of nitrogens with zero attached hydrogens (tertiary/aromatic N) is 1. The molecule has 0 saturated carbocycles. The molecule has 3 aromatic rings. The summed E-state index contributed by atoms with van der Waals surface area (Å²) >= 11 is 1.76. The van der Waals surface area contributed by atoms with Gasteiger partial charge in [0.25, 0.3) is 0 Å². The molecular weight excluding hydrogens is 418 g/mol. The smallest absolute Gasteiger partial charge is 0.191 e. The predicted molar refractivity (Wildman–Crippen MR) is 126 cm³/mol. The number of thiophene rings is 1. The number of quaternary nitrogens is 1. The van der Waals surface area contributed by atoms with Crippen molar-refractivity contribution >= 4 is 17.0 Å². The van der Waals surface area contributed by atoms with Crippen LogP contribution in [0.2, 0.25) is 0 Å². The van der Waals surface area contributed by atoms with Gasteiger partial charge in [-0.1, -0.05) is 48.5 Å². The van der Waals surface area contributed by atoms with Crippen molar-refractivity contribution < 1.29 is 14.4 Å². The lowest BCUT2D eigenvalue weighted by Gasteiger charge is -2.50. The van der Waals surface area contributed by atoms with Crippen LogP contribution in [0.5, 0.6) is 11.5 Å². The Morgan fingerprint density at radius 1 is 1.09 bits per heavy atom. The molecule has 4 heterocycles. The van der Waals surface area contributed by atoms with Crippen molar-refractivity contribution in [3.05, 3.63) is 88.1 Å². The molecule has 6 heteroatoms. The van der Waals surface area contributed by atoms with Gasteiger partial charge in [-0.15, -0.1) is 11.3 Å². The van der Waals surface area contributed by atoms with Crippen molar-refractivity contribution in [1.82, 2.24) is 10.4 Å². The zero-order chi connectivity index (χ0) is 21.5. The van der Waals surface area contributed by atoms with Crippen LogP contribution in [0.25, 0.3) is 5.70 Å². The van der Waals surface area contributed by atoms with Gasteiger partial charge in [-0.05, 0) is 23.6 Å². The van der Waals surface area contributed by atoms with Gasteiger partial charge in [-0.2, -0.15) is 5.01 Å². The third-order valence-electron chi connectivity index (χ3n) is 6.94. The Kier molecular flexibility index (Phi) is 4.94. The summed E-state index contributed by atoms with van der Waals surface area (Å²) in [6.07, 6.45) is 4.26. The van der Waals surface area contributed by atoms with Gasteiger partial charge in [0.1, 0.15) is 6.54 Å². The Bertz CT molecular complexity index is 1120. The first kappa shape index (κ1) is 19.9. The number of fused-ring (bicyclic) bond motifs is 4. The Morgan fingerprint density at radius 3 is 2.69 bits per heavy atom. The fraction of sp³-hybridized carbons (Fsp3) is 0.308. The average Bonchev–Trinajstić information content (AvgIpc) is 3.52. The van der Waals surface area contributed by atoms with Gasteiger partial charge < -0.3 is 19.8 Å². The quantitative estimate of drug-likeness (QED) is 0.642. The maximum Gasteiger partial charge on any atom is 0.191 e. The molecular formula is C26H28N3O2S+. The molecule has 1 unspecified atom stereocenters. The fourth-order valence-corrected chi connectivity index (χ4v) is 6.00. The fourth-order valence-electron chi connectivity index (χ4n) is 5.30. The molecule has 0 radical (unpaired) electrons. The molecule has 1 atom stereocenters. The van der Waals surface area contributed by atoms with Crippen molar-refractivity contribution in [1.29, 1.82) is 0 Å². The standard InChI is InChI=1S/C26H27N3O2S/c1-30-23-10-5-9-20-22-17-21(24-11-6-16-32-24)27-29(22)26(31-25(20)23)12-14-28(15-13-26)18-19-7-3-2-4-8-19/h2-11,16-17,22,27H,12-15,18H2,1H3/p+1. The number of rotatable bonds is 4. The molecule has 0 bridgehead atoms. The number of hydrogen-bond acceptors (Lipinski definition) is 5. The number of methoxy groups -OCH3 is 1. The molecule has 3 aliphatic rings. The van der Waals surface area contributed by atoms with Gasteiger partial charge in [0.2, 0.25) is 0 Å². The van der Waals surface area contributed by atoms with Crippen molar-refractivity contribution in [2.75, 3.05) is 20.2 Å². The summed E-state index contributed by atoms with van der Waals surface area (Å²) in [6, 6.07) is 21.4. The van der Waals surface area contributed by atoms with Crippen LogP contribution in [-0.4, -0.2) is 30.9 Å². The Balaban J connectivity index is 1.31. The number of hydrazine groups is 1. The van der Waals surface area contributed by atoms with Gasteiger partial charge in [0.15, 0.2) is 17.2 Å². The second kappa shape index (κ2) is 7.96. The van der Waals surface area contributed by atoms with E-state index in [4.69, 9.17) is 9.47 Å². The second-order valence-corrected chi connectivity index (χ2v) is 9.77. The van der Waals surface area contributed by atoms with E-state index in [1.807, 2.05) is 6.07 Å². The highest BCUT2D eigenvalue weighted by Gasteiger charge is 2.53. The minimum Gasteiger partial charge on any atom is -0.493 e. The summed E-state index contributed by atoms with van der Waals surface area (Å²) in [5, 5.41) is 4.49. The molecule has 1 fully saturated rings. The maximum absolute atomic E-state index is 6.86. The van der Waals surface area contributed by atoms with E-state index in [9.17, 15) is 0 Å². The maximum atomic E-state index is 6.86. The first-order valence-corrected chi connectivity index (χ1v) is 12.2. The van der Waals surface area contributed by atoms with E-state index in [1.165, 1.54) is 16.1 Å². The molecule has 1 spiro atoms. The van der Waals surface area contributed by atoms with Crippen LogP contribution in [0.15, 0.2) is 72.1 Å². The molecule has 1 aromatic heterocycles. The van der Waals surface area contributed by atoms with E-state index >= 15 is 0 Å². The largest absolute Gasteiger partial charge is 0.493 e. The number of para-hydroxylation sites is 1. The molecule has 6 rings (SSSR count). The van der Waals surface area contributed by atoms with E-state index in [0.29, 0.717) is 0 Å². The minimum atomic E-state index is -0.387. The monoisotopic (exact) mass is 446 g/mol. The second-order valence-electron chi connectivity index (χ2n) is 8.82. The van der Waals surface area contributed by atoms with Crippen molar-refractivity contribution in [3.8, 4) is 11.5 Å². The predicted octanol–water partition coefficient (Wildman–Crippen LogP) is 3.63. The lowest BCUT2D eigenvalue weighted by molar-refractivity contribution is -0.921. The highest BCUT2D eigenvalue weighted by Crippen LogP contribution is 2.51. The topological polar surface area (TPSA) is 38.2 Å². The Hall–Kier alpha value is -2.80. The Morgan fingerprint density at radius 2 is 1.94 bits per heavy atom. The van der Waals surface area contributed by atoms with Crippen molar-refractivity contribution in [2.24, 2.45) is 0 Å². The lowest BCUT2D eigenvalue weighted by Crippen LogP contribution is -3.12. The number of piperidine rings is 1. The van der Waals surface area contributed by atoms with Crippen LogP contribution in [-0.2, 0) is 6.54 Å². The van der Waals surface area contributed by atoms with Gasteiger partial charge in [0.05, 0.1) is 49.7 Å². The summed E-state index contributed by atoms with van der Waals surface area (Å²) in [4.78, 5) is 2.87. The highest BCUT2D eigenvalue weighted by atomic mass is 32.1. The van der Waals surface area contributed by atoms with Crippen LogP contribution in [0, 0.1) is 0 Å². The summed E-state index contributed by atoms with van der Waals surface area (Å²) < 4.78 is 12.6. The summed E-state index contributed by atoms with van der Waals surface area (Å²) in [6.45, 7) is 3.20. The van der Waals surface area contributed by atoms with Crippen LogP contribution in [0.1, 0.15) is 34.9 Å². The number of nitrogens with one attached hydrogen (secondary N) is 2. The number of benzene rings is 2. The van der Waals surface area contributed by atoms with E-state index in [-0.39, 0.29) is 11.8 Å². The average molecular weight is 447 g/mol. The molecule has 3 aliphatic heterocycles. The summed E-state index contributed by atoms with van der Waals surface area (Å²) in [5.41, 5.74) is 7.07. The molecule has 2 aromatic carbocycles. The van der Waals surface area contributed by atoms with Gasteiger partial charge >= 0.3 is 0 Å². The zero-order valence-electron chi connectivity index (χ0n) is 18.2. The van der Waals surface area contributed by atoms with Crippen LogP contribution in [0.4, 0.5) is 0 Å². The molecule has 32 heavy (non-hydrogen) atoms. The van der Waals surface area contributed by atoms with Crippen LogP contribution < -0.4 is 19.8 Å². The van der Waals surface area contributed by atoms with Gasteiger partial charge in [-0.3, -0.25) is 0 Å². The first-order valence-electron chi connectivity index (χ1n) is 11.3. The molecule has 1 saturated heterocycles. The summed E-state index contributed by atoms with van der Waals surface area (Å²) in [5.74, 6) is 1.71. The van der Waals surface area contributed by atoms with Crippen LogP contribution >= 0.6 is 11.3 Å². The zero-order valence-corrected chi connectivity index (χ0v) is 19.0. The SMILES string of the molecule is COc1cccc2c1OC1(CC[NH+](Cc3ccccc3)CC1)N1NC(c3cccs3)=CC21. The number of likely N-dealkylation sites (tertiary alicyclic amines) is 1. The molecule has 2 N–H and O–H groups in total. The summed E-state index contributed by atoms with van der Waals surface area (Å²) in [7, 11) is 1.73. The molecule has 0 aliphatic carbocycles. The van der Waals surface area contributed by atoms with Crippen LogP contribution in [0.3, 0.4) is 0 Å².